The van der Waals surface area contributed by atoms with Crippen molar-refractivity contribution in [3.63, 3.8) is 0 Å². The van der Waals surface area contributed by atoms with E-state index >= 15 is 4.39 Å². The van der Waals surface area contributed by atoms with Crippen molar-refractivity contribution >= 4 is 29.3 Å². The Labute approximate surface area is 289 Å². The second kappa shape index (κ2) is 15.8. The summed E-state index contributed by atoms with van der Waals surface area (Å²) in [4.78, 5) is 58.3. The van der Waals surface area contributed by atoms with Gasteiger partial charge in [0, 0.05) is 50.3 Å². The molecule has 3 aliphatic rings. The summed E-state index contributed by atoms with van der Waals surface area (Å²) in [5.41, 5.74) is 0.891. The molecule has 0 radical (unpaired) electrons. The number of carbonyl (C=O) groups excluding carboxylic acids is 4. The van der Waals surface area contributed by atoms with Crippen molar-refractivity contribution < 1.29 is 23.6 Å². The molecule has 1 aromatic carbocycles. The predicted molar refractivity (Wildman–Crippen MR) is 186 cm³/mol. The monoisotopic (exact) mass is 679 g/mol. The summed E-state index contributed by atoms with van der Waals surface area (Å²) in [5.74, 6) is -1.82. The van der Waals surface area contributed by atoms with Crippen molar-refractivity contribution in [2.24, 2.45) is 23.7 Å². The number of rotatable bonds is 12. The third-order valence-electron chi connectivity index (χ3n) is 11.2. The normalized spacial score (nSPS) is 24.0. The Morgan fingerprint density at radius 3 is 2.27 bits per heavy atom. The standard InChI is InChI=1S/C37H54FN7O4/c1-7-45-31(16-17-39-45)35(47)42-33(27-10-8-22(2)9-11-27)36(48)40-30-15-14-28(20-29(30)38)24(4)32(41-34(46)25(5)26-12-13-26)37(49)44-19-18-43(6)23(3)21-44/h14-17,20,22-27,32-33H,7-13,18-19,21H2,1-6H3,(H,40,48)(H,41,46)(H,42,47)/t22?,23-,24+,25?,27?,32-,33+/m1/s1. The van der Waals surface area contributed by atoms with Gasteiger partial charge in [-0.2, -0.15) is 5.10 Å². The Morgan fingerprint density at radius 1 is 0.939 bits per heavy atom. The first-order valence-corrected chi connectivity index (χ1v) is 18.1. The topological polar surface area (TPSA) is 129 Å². The number of piperazine rings is 1. The number of amides is 4. The molecule has 11 nitrogen and oxygen atoms in total. The van der Waals surface area contributed by atoms with E-state index in [2.05, 4.69) is 39.8 Å². The maximum atomic E-state index is 15.8. The minimum absolute atomic E-state index is 0.00913. The van der Waals surface area contributed by atoms with Gasteiger partial charge in [0.25, 0.3) is 5.91 Å². The van der Waals surface area contributed by atoms with E-state index < -0.39 is 35.6 Å². The summed E-state index contributed by atoms with van der Waals surface area (Å²) in [6.07, 6.45) is 7.00. The first-order chi connectivity index (χ1) is 23.4. The van der Waals surface area contributed by atoms with Crippen molar-refractivity contribution in [2.45, 2.75) is 104 Å². The van der Waals surface area contributed by atoms with E-state index in [0.717, 1.165) is 45.1 Å². The molecule has 4 amide bonds. The van der Waals surface area contributed by atoms with E-state index in [4.69, 9.17) is 0 Å². The van der Waals surface area contributed by atoms with Crippen molar-refractivity contribution in [2.75, 3.05) is 32.0 Å². The van der Waals surface area contributed by atoms with E-state index in [1.165, 1.54) is 12.1 Å². The highest BCUT2D eigenvalue weighted by Crippen LogP contribution is 2.37. The summed E-state index contributed by atoms with van der Waals surface area (Å²) < 4.78 is 17.4. The van der Waals surface area contributed by atoms with Gasteiger partial charge in [0.15, 0.2) is 0 Å². The zero-order chi connectivity index (χ0) is 35.4. The van der Waals surface area contributed by atoms with Gasteiger partial charge in [-0.15, -0.1) is 0 Å². The average Bonchev–Trinajstić information content (AvgIpc) is 3.83. The number of halogens is 1. The molecule has 0 spiro atoms. The summed E-state index contributed by atoms with van der Waals surface area (Å²) in [5, 5.41) is 12.9. The molecule has 1 aliphatic heterocycles. The molecular formula is C37H54FN7O4. The highest BCUT2D eigenvalue weighted by molar-refractivity contribution is 6.00. The minimum atomic E-state index is -0.867. The van der Waals surface area contributed by atoms with E-state index in [9.17, 15) is 19.2 Å². The van der Waals surface area contributed by atoms with Gasteiger partial charge < -0.3 is 25.8 Å². The molecule has 2 saturated carbocycles. The van der Waals surface area contributed by atoms with E-state index in [0.29, 0.717) is 42.7 Å². The van der Waals surface area contributed by atoms with Crippen LogP contribution in [0.15, 0.2) is 30.5 Å². The number of aryl methyl sites for hydroxylation is 1. The second-order valence-electron chi connectivity index (χ2n) is 14.7. The van der Waals surface area contributed by atoms with Gasteiger partial charge in [0.2, 0.25) is 17.7 Å². The maximum absolute atomic E-state index is 15.8. The molecule has 5 rings (SSSR count). The van der Waals surface area contributed by atoms with Gasteiger partial charge in [-0.25, -0.2) is 4.39 Å². The molecule has 2 aliphatic carbocycles. The largest absolute Gasteiger partial charge is 0.343 e. The van der Waals surface area contributed by atoms with E-state index in [1.807, 2.05) is 27.8 Å². The van der Waals surface area contributed by atoms with Crippen LogP contribution >= 0.6 is 0 Å². The fourth-order valence-electron chi connectivity index (χ4n) is 7.27. The number of hydrogen-bond acceptors (Lipinski definition) is 6. The van der Waals surface area contributed by atoms with Gasteiger partial charge in [-0.05, 0) is 88.1 Å². The Bertz CT molecular complexity index is 1500. The number of nitrogens with zero attached hydrogens (tertiary/aromatic N) is 4. The lowest BCUT2D eigenvalue weighted by molar-refractivity contribution is -0.140. The molecule has 3 N–H and O–H groups in total. The summed E-state index contributed by atoms with van der Waals surface area (Å²) in [6, 6.07) is 4.61. The Morgan fingerprint density at radius 2 is 1.63 bits per heavy atom. The molecule has 268 valence electrons. The van der Waals surface area contributed by atoms with Crippen molar-refractivity contribution in [3.05, 3.63) is 47.5 Å². The second-order valence-corrected chi connectivity index (χ2v) is 14.7. The third kappa shape index (κ3) is 8.69. The van der Waals surface area contributed by atoms with Crippen LogP contribution in [0.2, 0.25) is 0 Å². The molecular weight excluding hydrogens is 625 g/mol. The molecule has 12 heteroatoms. The predicted octanol–water partition coefficient (Wildman–Crippen LogP) is 4.40. The first kappa shape index (κ1) is 36.5. The Hall–Kier alpha value is -3.80. The maximum Gasteiger partial charge on any atom is 0.270 e. The number of benzene rings is 1. The summed E-state index contributed by atoms with van der Waals surface area (Å²) in [6.45, 7) is 12.2. The van der Waals surface area contributed by atoms with E-state index in [1.54, 1.807) is 27.9 Å². The fourth-order valence-corrected chi connectivity index (χ4v) is 7.27. The summed E-state index contributed by atoms with van der Waals surface area (Å²) >= 11 is 0. The van der Waals surface area contributed by atoms with Crippen LogP contribution in [0.4, 0.5) is 10.1 Å². The van der Waals surface area contributed by atoms with E-state index in [-0.39, 0.29) is 35.4 Å². The molecule has 2 aromatic rings. The van der Waals surface area contributed by atoms with Crippen molar-refractivity contribution in [3.8, 4) is 0 Å². The van der Waals surface area contributed by atoms with Gasteiger partial charge in [-0.3, -0.25) is 23.9 Å². The van der Waals surface area contributed by atoms with Gasteiger partial charge in [0.05, 0.1) is 5.69 Å². The number of carbonyl (C=O) groups is 4. The lowest BCUT2D eigenvalue weighted by Crippen LogP contribution is -2.58. The Kier molecular flexibility index (Phi) is 11.8. The molecule has 1 unspecified atom stereocenters. The fraction of sp³-hybridized carbons (Fsp3) is 0.649. The molecule has 1 saturated heterocycles. The van der Waals surface area contributed by atoms with Gasteiger partial charge in [-0.1, -0.05) is 39.7 Å². The van der Waals surface area contributed by atoms with Gasteiger partial charge >= 0.3 is 0 Å². The number of likely N-dealkylation sites (N-methyl/N-ethyl adjacent to an activating group) is 1. The molecule has 1 aromatic heterocycles. The molecule has 0 bridgehead atoms. The van der Waals surface area contributed by atoms with Crippen LogP contribution in [0.3, 0.4) is 0 Å². The minimum Gasteiger partial charge on any atom is -0.343 e. The SMILES string of the molecule is CCn1nccc1C(=O)N[C@H](C(=O)Nc1ccc([C@H](C)[C@@H](NC(=O)C(C)C2CC2)C(=O)N2CCN(C)[C@H](C)C2)cc1F)C1CCC(C)CC1. The molecule has 2 heterocycles. The molecule has 3 fully saturated rings. The number of anilines is 1. The zero-order valence-corrected chi connectivity index (χ0v) is 29.9. The smallest absolute Gasteiger partial charge is 0.270 e. The Balaban J connectivity index is 1.33. The summed E-state index contributed by atoms with van der Waals surface area (Å²) in [7, 11) is 2.03. The lowest BCUT2D eigenvalue weighted by Gasteiger charge is -2.40. The van der Waals surface area contributed by atoms with Gasteiger partial charge in [0.1, 0.15) is 23.6 Å². The van der Waals surface area contributed by atoms with Crippen molar-refractivity contribution in [1.82, 2.24) is 30.2 Å². The zero-order valence-electron chi connectivity index (χ0n) is 29.9. The van der Waals surface area contributed by atoms with Crippen molar-refractivity contribution in [1.29, 1.82) is 0 Å². The van der Waals surface area contributed by atoms with Crippen LogP contribution in [0, 0.1) is 29.5 Å². The highest BCUT2D eigenvalue weighted by Gasteiger charge is 2.39. The lowest BCUT2D eigenvalue weighted by atomic mass is 9.79. The quantitative estimate of drug-likeness (QED) is 0.305. The highest BCUT2D eigenvalue weighted by atomic mass is 19.1. The average molecular weight is 680 g/mol. The van der Waals surface area contributed by atoms with Crippen LogP contribution in [-0.2, 0) is 20.9 Å². The van der Waals surface area contributed by atoms with Crippen LogP contribution in [0.1, 0.15) is 95.1 Å². The number of nitrogens with one attached hydrogen (secondary N) is 3. The number of aromatic nitrogens is 2. The molecule has 49 heavy (non-hydrogen) atoms. The van der Waals surface area contributed by atoms with Crippen LogP contribution in [0.5, 0.6) is 0 Å². The molecule has 5 atom stereocenters. The van der Waals surface area contributed by atoms with Crippen LogP contribution in [0.25, 0.3) is 0 Å². The number of hydrogen-bond donors (Lipinski definition) is 3. The van der Waals surface area contributed by atoms with Crippen LogP contribution < -0.4 is 16.0 Å². The third-order valence-corrected chi connectivity index (χ3v) is 11.2. The first-order valence-electron chi connectivity index (χ1n) is 18.1. The van der Waals surface area contributed by atoms with Crippen LogP contribution in [-0.4, -0.2) is 88.0 Å².